The van der Waals surface area contributed by atoms with Gasteiger partial charge in [0, 0.05) is 19.0 Å². The van der Waals surface area contributed by atoms with Crippen LogP contribution in [0.3, 0.4) is 0 Å². The van der Waals surface area contributed by atoms with E-state index in [0.29, 0.717) is 0 Å². The Balaban J connectivity index is 2.69. The monoisotopic (exact) mass is 275 g/mol. The molecule has 0 fully saturated rings. The van der Waals surface area contributed by atoms with Crippen LogP contribution in [0.5, 0.6) is 0 Å². The van der Waals surface area contributed by atoms with Gasteiger partial charge in [0.15, 0.2) is 0 Å². The van der Waals surface area contributed by atoms with Gasteiger partial charge in [-0.25, -0.2) is 0 Å². The highest BCUT2D eigenvalue weighted by Gasteiger charge is 2.14. The van der Waals surface area contributed by atoms with Gasteiger partial charge in [0.1, 0.15) is 0 Å². The van der Waals surface area contributed by atoms with Crippen molar-refractivity contribution in [3.05, 3.63) is 35.4 Å². The Hall–Kier alpha value is -1.35. The van der Waals surface area contributed by atoms with Gasteiger partial charge in [0.2, 0.25) is 0 Å². The quantitative estimate of drug-likeness (QED) is 0.617. The third kappa shape index (κ3) is 4.97. The molecule has 3 heteroatoms. The molecule has 0 heterocycles. The summed E-state index contributed by atoms with van der Waals surface area (Å²) in [6, 6.07) is 8.86. The SMILES string of the molecule is CCN(Cc1ccc(C(C)(C)C)cc1)CC(C)C(=N)N. The van der Waals surface area contributed by atoms with Gasteiger partial charge in [-0.05, 0) is 23.1 Å². The van der Waals surface area contributed by atoms with Crippen molar-refractivity contribution in [3.8, 4) is 0 Å². The van der Waals surface area contributed by atoms with Crippen molar-refractivity contribution in [2.24, 2.45) is 11.7 Å². The first-order chi connectivity index (χ1) is 9.24. The molecule has 1 unspecified atom stereocenters. The number of hydrogen-bond donors (Lipinski definition) is 2. The van der Waals surface area contributed by atoms with Crippen LogP contribution in [0.1, 0.15) is 45.7 Å². The number of amidine groups is 1. The molecule has 20 heavy (non-hydrogen) atoms. The minimum Gasteiger partial charge on any atom is -0.387 e. The number of nitrogens with one attached hydrogen (secondary N) is 1. The second-order valence-corrected chi connectivity index (χ2v) is 6.63. The molecule has 1 aromatic rings. The van der Waals surface area contributed by atoms with E-state index in [9.17, 15) is 0 Å². The van der Waals surface area contributed by atoms with Crippen LogP contribution in [0.2, 0.25) is 0 Å². The Bertz CT molecular complexity index is 429. The van der Waals surface area contributed by atoms with Gasteiger partial charge in [-0.3, -0.25) is 10.3 Å². The molecular weight excluding hydrogens is 246 g/mol. The Kier molecular flexibility index (Phi) is 5.75. The predicted octanol–water partition coefficient (Wildman–Crippen LogP) is 3.38. The van der Waals surface area contributed by atoms with E-state index in [0.717, 1.165) is 19.6 Å². The fraction of sp³-hybridized carbons (Fsp3) is 0.588. The lowest BCUT2D eigenvalue weighted by atomic mass is 9.87. The molecule has 1 atom stereocenters. The van der Waals surface area contributed by atoms with Crippen molar-refractivity contribution < 1.29 is 0 Å². The van der Waals surface area contributed by atoms with E-state index in [-0.39, 0.29) is 17.2 Å². The molecule has 0 saturated carbocycles. The molecule has 0 aliphatic heterocycles. The number of rotatable bonds is 6. The van der Waals surface area contributed by atoms with Crippen LogP contribution in [-0.4, -0.2) is 23.8 Å². The Morgan fingerprint density at radius 2 is 1.80 bits per heavy atom. The molecule has 0 aliphatic rings. The molecule has 0 aliphatic carbocycles. The van der Waals surface area contributed by atoms with E-state index >= 15 is 0 Å². The summed E-state index contributed by atoms with van der Waals surface area (Å²) in [6.07, 6.45) is 0. The topological polar surface area (TPSA) is 53.1 Å². The predicted molar refractivity (Wildman–Crippen MR) is 87.2 cm³/mol. The Morgan fingerprint density at radius 3 is 2.20 bits per heavy atom. The minimum absolute atomic E-state index is 0.115. The lowest BCUT2D eigenvalue weighted by Crippen LogP contribution is -2.34. The molecule has 0 radical (unpaired) electrons. The van der Waals surface area contributed by atoms with Crippen molar-refractivity contribution in [1.29, 1.82) is 5.41 Å². The van der Waals surface area contributed by atoms with Gasteiger partial charge in [-0.2, -0.15) is 0 Å². The normalized spacial score (nSPS) is 13.5. The van der Waals surface area contributed by atoms with Crippen LogP contribution in [0.4, 0.5) is 0 Å². The summed E-state index contributed by atoms with van der Waals surface area (Å²) < 4.78 is 0. The molecule has 3 nitrogen and oxygen atoms in total. The second kappa shape index (κ2) is 6.89. The summed E-state index contributed by atoms with van der Waals surface area (Å²) in [5.74, 6) is 0.385. The van der Waals surface area contributed by atoms with Crippen molar-refractivity contribution in [2.45, 2.75) is 46.6 Å². The van der Waals surface area contributed by atoms with Crippen LogP contribution >= 0.6 is 0 Å². The molecule has 3 N–H and O–H groups in total. The van der Waals surface area contributed by atoms with E-state index < -0.39 is 0 Å². The standard InChI is InChI=1S/C17H29N3/c1-6-20(11-13(2)16(18)19)12-14-7-9-15(10-8-14)17(3,4)5/h7-10,13H,6,11-12H2,1-5H3,(H3,18,19). The Morgan fingerprint density at radius 1 is 1.25 bits per heavy atom. The number of hydrogen-bond acceptors (Lipinski definition) is 2. The molecular formula is C17H29N3. The number of benzene rings is 1. The zero-order valence-electron chi connectivity index (χ0n) is 13.5. The first-order valence-corrected chi connectivity index (χ1v) is 7.39. The van der Waals surface area contributed by atoms with Crippen LogP contribution in [0.15, 0.2) is 24.3 Å². The van der Waals surface area contributed by atoms with Crippen LogP contribution in [-0.2, 0) is 12.0 Å². The van der Waals surface area contributed by atoms with Gasteiger partial charge in [-0.15, -0.1) is 0 Å². The highest BCUT2D eigenvalue weighted by molar-refractivity contribution is 5.79. The summed E-state index contributed by atoms with van der Waals surface area (Å²) in [5.41, 5.74) is 8.43. The first-order valence-electron chi connectivity index (χ1n) is 7.39. The van der Waals surface area contributed by atoms with Gasteiger partial charge >= 0.3 is 0 Å². The van der Waals surface area contributed by atoms with Gasteiger partial charge in [0.05, 0.1) is 5.84 Å². The van der Waals surface area contributed by atoms with Crippen LogP contribution < -0.4 is 5.73 Å². The average Bonchev–Trinajstić information content (AvgIpc) is 2.37. The first kappa shape index (κ1) is 16.7. The summed E-state index contributed by atoms with van der Waals surface area (Å²) in [4.78, 5) is 2.33. The minimum atomic E-state index is 0.115. The maximum atomic E-state index is 7.50. The molecule has 0 bridgehead atoms. The number of nitrogens with zero attached hydrogens (tertiary/aromatic N) is 1. The average molecular weight is 275 g/mol. The molecule has 0 amide bonds. The van der Waals surface area contributed by atoms with Crippen LogP contribution in [0.25, 0.3) is 0 Å². The maximum Gasteiger partial charge on any atom is 0.0947 e. The summed E-state index contributed by atoms with van der Waals surface area (Å²) in [5, 5.41) is 7.50. The zero-order valence-corrected chi connectivity index (χ0v) is 13.5. The Labute approximate surface area is 123 Å². The van der Waals surface area contributed by atoms with Crippen LogP contribution in [0, 0.1) is 11.3 Å². The highest BCUT2D eigenvalue weighted by atomic mass is 15.1. The summed E-state index contributed by atoms with van der Waals surface area (Å²) in [6.45, 7) is 13.6. The molecule has 0 aromatic heterocycles. The lowest BCUT2D eigenvalue weighted by molar-refractivity contribution is 0.263. The van der Waals surface area contributed by atoms with Gasteiger partial charge < -0.3 is 5.73 Å². The van der Waals surface area contributed by atoms with E-state index in [1.807, 2.05) is 6.92 Å². The zero-order chi connectivity index (χ0) is 15.3. The largest absolute Gasteiger partial charge is 0.387 e. The highest BCUT2D eigenvalue weighted by Crippen LogP contribution is 2.22. The van der Waals surface area contributed by atoms with Gasteiger partial charge in [-0.1, -0.05) is 58.9 Å². The summed E-state index contributed by atoms with van der Waals surface area (Å²) in [7, 11) is 0. The van der Waals surface area contributed by atoms with E-state index in [1.165, 1.54) is 11.1 Å². The van der Waals surface area contributed by atoms with E-state index in [2.05, 4.69) is 56.9 Å². The fourth-order valence-electron chi connectivity index (χ4n) is 2.16. The van der Waals surface area contributed by atoms with E-state index in [1.54, 1.807) is 0 Å². The lowest BCUT2D eigenvalue weighted by Gasteiger charge is -2.24. The molecule has 1 rings (SSSR count). The van der Waals surface area contributed by atoms with E-state index in [4.69, 9.17) is 11.1 Å². The molecule has 112 valence electrons. The second-order valence-electron chi connectivity index (χ2n) is 6.63. The third-order valence-electron chi connectivity index (χ3n) is 3.74. The van der Waals surface area contributed by atoms with Gasteiger partial charge in [0.25, 0.3) is 0 Å². The number of nitrogens with two attached hydrogens (primary N) is 1. The molecule has 0 saturated heterocycles. The van der Waals surface area contributed by atoms with Crippen molar-refractivity contribution in [1.82, 2.24) is 4.90 Å². The van der Waals surface area contributed by atoms with Crippen molar-refractivity contribution in [3.63, 3.8) is 0 Å². The summed E-state index contributed by atoms with van der Waals surface area (Å²) >= 11 is 0. The molecule has 0 spiro atoms. The smallest absolute Gasteiger partial charge is 0.0947 e. The molecule has 1 aromatic carbocycles. The fourth-order valence-corrected chi connectivity index (χ4v) is 2.16. The van der Waals surface area contributed by atoms with Crippen molar-refractivity contribution >= 4 is 5.84 Å². The third-order valence-corrected chi connectivity index (χ3v) is 3.74. The van der Waals surface area contributed by atoms with Crippen molar-refractivity contribution in [2.75, 3.05) is 13.1 Å². The maximum absolute atomic E-state index is 7.50.